The van der Waals surface area contributed by atoms with Gasteiger partial charge in [0.15, 0.2) is 11.5 Å². The number of ether oxygens (including phenoxy) is 3. The first-order chi connectivity index (χ1) is 12.0. The van der Waals surface area contributed by atoms with Crippen LogP contribution in [0.3, 0.4) is 0 Å². The van der Waals surface area contributed by atoms with Crippen LogP contribution in [0.25, 0.3) is 12.2 Å². The maximum atomic E-state index is 10.9. The van der Waals surface area contributed by atoms with Gasteiger partial charge in [0, 0.05) is 0 Å². The monoisotopic (exact) mass is 342 g/mol. The van der Waals surface area contributed by atoms with Crippen molar-refractivity contribution in [3.63, 3.8) is 0 Å². The van der Waals surface area contributed by atoms with Gasteiger partial charge in [0.05, 0.1) is 20.1 Å². The van der Waals surface area contributed by atoms with E-state index in [0.717, 1.165) is 16.9 Å². The molecule has 0 saturated carbocycles. The molecular formula is C20H22O5. The Bertz CT molecular complexity index is 752. The van der Waals surface area contributed by atoms with E-state index in [4.69, 9.17) is 19.3 Å². The molecule has 1 unspecified atom stereocenters. The second-order valence-corrected chi connectivity index (χ2v) is 5.57. The molecule has 2 aromatic rings. The lowest BCUT2D eigenvalue weighted by Crippen LogP contribution is -2.18. The number of carboxylic acid groups (broad SMARTS) is 1. The minimum atomic E-state index is -0.895. The van der Waals surface area contributed by atoms with Gasteiger partial charge in [0.25, 0.3) is 0 Å². The summed E-state index contributed by atoms with van der Waals surface area (Å²) in [6, 6.07) is 13.3. The third-order valence-corrected chi connectivity index (χ3v) is 3.66. The normalized spacial score (nSPS) is 12.0. The summed E-state index contributed by atoms with van der Waals surface area (Å²) in [6.45, 7) is 1.68. The highest BCUT2D eigenvalue weighted by molar-refractivity contribution is 5.71. The van der Waals surface area contributed by atoms with Crippen LogP contribution in [0.1, 0.15) is 18.1 Å². The van der Waals surface area contributed by atoms with E-state index in [1.165, 1.54) is 0 Å². The zero-order valence-electron chi connectivity index (χ0n) is 14.6. The Balaban J connectivity index is 2.16. The standard InChI is InChI=1S/C20H22O5/c1-14(20(21)22)13-25-19-12-16(9-10-18(19)24-3)8-7-15-5-4-6-17(11-15)23-2/h4-12,14H,13H2,1-3H3,(H,21,22)/b8-7+. The average Bonchev–Trinajstić information content (AvgIpc) is 2.64. The fourth-order valence-corrected chi connectivity index (χ4v) is 2.13. The summed E-state index contributed by atoms with van der Waals surface area (Å²) in [5.74, 6) is 0.386. The van der Waals surface area contributed by atoms with E-state index in [9.17, 15) is 4.79 Å². The lowest BCUT2D eigenvalue weighted by molar-refractivity contribution is -0.142. The van der Waals surface area contributed by atoms with Crippen molar-refractivity contribution in [2.45, 2.75) is 6.92 Å². The highest BCUT2D eigenvalue weighted by Crippen LogP contribution is 2.29. The Labute approximate surface area is 147 Å². The Hall–Kier alpha value is -2.95. The van der Waals surface area contributed by atoms with E-state index in [2.05, 4.69) is 0 Å². The fraction of sp³-hybridized carbons (Fsp3) is 0.250. The SMILES string of the molecule is COc1cccc(/C=C/c2ccc(OC)c(OCC(C)C(=O)O)c2)c1. The molecular weight excluding hydrogens is 320 g/mol. The van der Waals surface area contributed by atoms with Crippen LogP contribution in [-0.2, 0) is 4.79 Å². The fourth-order valence-electron chi connectivity index (χ4n) is 2.13. The number of hydrogen-bond acceptors (Lipinski definition) is 4. The highest BCUT2D eigenvalue weighted by Gasteiger charge is 2.13. The van der Waals surface area contributed by atoms with Crippen LogP contribution in [0.15, 0.2) is 42.5 Å². The van der Waals surface area contributed by atoms with E-state index < -0.39 is 11.9 Å². The summed E-state index contributed by atoms with van der Waals surface area (Å²) in [6.07, 6.45) is 3.91. The number of rotatable bonds is 8. The molecule has 0 aromatic heterocycles. The molecule has 2 rings (SSSR count). The first-order valence-electron chi connectivity index (χ1n) is 7.89. The summed E-state index contributed by atoms with van der Waals surface area (Å²) in [5, 5.41) is 8.96. The molecule has 5 heteroatoms. The second kappa shape index (κ2) is 8.78. The Kier molecular flexibility index (Phi) is 6.46. The van der Waals surface area contributed by atoms with Crippen molar-refractivity contribution in [3.05, 3.63) is 53.6 Å². The van der Waals surface area contributed by atoms with Crippen LogP contribution in [-0.4, -0.2) is 31.9 Å². The van der Waals surface area contributed by atoms with Gasteiger partial charge in [-0.3, -0.25) is 4.79 Å². The number of carbonyl (C=O) groups is 1. The highest BCUT2D eigenvalue weighted by atomic mass is 16.5. The summed E-state index contributed by atoms with van der Waals surface area (Å²) < 4.78 is 16.1. The molecule has 5 nitrogen and oxygen atoms in total. The molecule has 0 heterocycles. The third kappa shape index (κ3) is 5.28. The molecule has 0 aliphatic rings. The molecule has 0 spiro atoms. The first kappa shape index (κ1) is 18.4. The summed E-state index contributed by atoms with van der Waals surface area (Å²) in [7, 11) is 3.18. The molecule has 0 amide bonds. The zero-order chi connectivity index (χ0) is 18.2. The van der Waals surface area contributed by atoms with Gasteiger partial charge in [-0.2, -0.15) is 0 Å². The van der Waals surface area contributed by atoms with Crippen LogP contribution in [0.5, 0.6) is 17.2 Å². The molecule has 1 atom stereocenters. The van der Waals surface area contributed by atoms with E-state index in [1.54, 1.807) is 27.2 Å². The van der Waals surface area contributed by atoms with Crippen LogP contribution in [0, 0.1) is 5.92 Å². The average molecular weight is 342 g/mol. The van der Waals surface area contributed by atoms with Gasteiger partial charge >= 0.3 is 5.97 Å². The Morgan fingerprint density at radius 1 is 1.04 bits per heavy atom. The van der Waals surface area contributed by atoms with Crippen LogP contribution in [0.4, 0.5) is 0 Å². The first-order valence-corrected chi connectivity index (χ1v) is 7.89. The predicted octanol–water partition coefficient (Wildman–Crippen LogP) is 3.97. The van der Waals surface area contributed by atoms with Gasteiger partial charge in [-0.1, -0.05) is 30.4 Å². The second-order valence-electron chi connectivity index (χ2n) is 5.57. The van der Waals surface area contributed by atoms with Crippen LogP contribution in [0.2, 0.25) is 0 Å². The predicted molar refractivity (Wildman–Crippen MR) is 97.2 cm³/mol. The Morgan fingerprint density at radius 3 is 2.40 bits per heavy atom. The number of carboxylic acids is 1. The van der Waals surface area contributed by atoms with Crippen molar-refractivity contribution in [2.24, 2.45) is 5.92 Å². The van der Waals surface area contributed by atoms with Crippen molar-refractivity contribution in [1.82, 2.24) is 0 Å². The molecule has 1 N–H and O–H groups in total. The van der Waals surface area contributed by atoms with E-state index in [0.29, 0.717) is 11.5 Å². The molecule has 0 fully saturated rings. The van der Waals surface area contributed by atoms with Gasteiger partial charge in [-0.05, 0) is 42.3 Å². The molecule has 0 saturated heterocycles. The van der Waals surface area contributed by atoms with Crippen molar-refractivity contribution >= 4 is 18.1 Å². The Morgan fingerprint density at radius 2 is 1.76 bits per heavy atom. The molecule has 0 aliphatic carbocycles. The number of methoxy groups -OCH3 is 2. The van der Waals surface area contributed by atoms with Gasteiger partial charge in [0.2, 0.25) is 0 Å². The quantitative estimate of drug-likeness (QED) is 0.735. The number of benzene rings is 2. The van der Waals surface area contributed by atoms with Gasteiger partial charge in [0.1, 0.15) is 12.4 Å². The van der Waals surface area contributed by atoms with E-state index in [-0.39, 0.29) is 6.61 Å². The molecule has 25 heavy (non-hydrogen) atoms. The molecule has 0 aliphatic heterocycles. The smallest absolute Gasteiger partial charge is 0.309 e. The molecule has 0 radical (unpaired) electrons. The summed E-state index contributed by atoms with van der Waals surface area (Å²) >= 11 is 0. The molecule has 2 aromatic carbocycles. The zero-order valence-corrected chi connectivity index (χ0v) is 14.6. The maximum absolute atomic E-state index is 10.9. The maximum Gasteiger partial charge on any atom is 0.309 e. The third-order valence-electron chi connectivity index (χ3n) is 3.66. The molecule has 0 bridgehead atoms. The van der Waals surface area contributed by atoms with Crippen LogP contribution < -0.4 is 14.2 Å². The number of aliphatic carboxylic acids is 1. The largest absolute Gasteiger partial charge is 0.497 e. The van der Waals surface area contributed by atoms with Crippen LogP contribution >= 0.6 is 0 Å². The van der Waals surface area contributed by atoms with E-state index >= 15 is 0 Å². The van der Waals surface area contributed by atoms with E-state index in [1.807, 2.05) is 48.6 Å². The summed E-state index contributed by atoms with van der Waals surface area (Å²) in [4.78, 5) is 10.9. The molecule has 132 valence electrons. The lowest BCUT2D eigenvalue weighted by Gasteiger charge is -2.13. The topological polar surface area (TPSA) is 65.0 Å². The van der Waals surface area contributed by atoms with Gasteiger partial charge in [-0.25, -0.2) is 0 Å². The van der Waals surface area contributed by atoms with Crippen molar-refractivity contribution in [2.75, 3.05) is 20.8 Å². The minimum Gasteiger partial charge on any atom is -0.497 e. The number of hydrogen-bond donors (Lipinski definition) is 1. The van der Waals surface area contributed by atoms with Gasteiger partial charge < -0.3 is 19.3 Å². The van der Waals surface area contributed by atoms with Crippen molar-refractivity contribution in [1.29, 1.82) is 0 Å². The summed E-state index contributed by atoms with van der Waals surface area (Å²) in [5.41, 5.74) is 1.93. The lowest BCUT2D eigenvalue weighted by atomic mass is 10.1. The van der Waals surface area contributed by atoms with Gasteiger partial charge in [-0.15, -0.1) is 0 Å². The van der Waals surface area contributed by atoms with Crippen molar-refractivity contribution < 1.29 is 24.1 Å². The minimum absolute atomic E-state index is 0.0781. The van der Waals surface area contributed by atoms with Crippen molar-refractivity contribution in [3.8, 4) is 17.2 Å².